The fourth-order valence-electron chi connectivity index (χ4n) is 3.72. The number of amides is 1. The molecule has 1 amide bonds. The van der Waals surface area contributed by atoms with E-state index in [4.69, 9.17) is 0 Å². The van der Waals surface area contributed by atoms with E-state index in [0.717, 1.165) is 28.5 Å². The Morgan fingerprint density at radius 1 is 1.00 bits per heavy atom. The lowest BCUT2D eigenvalue weighted by molar-refractivity contribution is 0.0729. The Morgan fingerprint density at radius 2 is 1.87 bits per heavy atom. The van der Waals surface area contributed by atoms with Crippen molar-refractivity contribution in [3.63, 3.8) is 0 Å². The van der Waals surface area contributed by atoms with E-state index in [0.29, 0.717) is 17.7 Å². The molecule has 0 radical (unpaired) electrons. The van der Waals surface area contributed by atoms with E-state index in [1.807, 2.05) is 61.5 Å². The highest BCUT2D eigenvalue weighted by Gasteiger charge is 2.19. The summed E-state index contributed by atoms with van der Waals surface area (Å²) in [5, 5.41) is 0.971. The number of aromatic amines is 1. The number of nitrogens with zero attached hydrogens (tertiary/aromatic N) is 2. The topological polar surface area (TPSA) is 66.1 Å². The molecule has 4 aromatic rings. The number of hydrogen-bond acceptors (Lipinski definition) is 3. The molecule has 0 saturated carbocycles. The molecule has 0 saturated heterocycles. The highest BCUT2D eigenvalue weighted by atomic mass is 16.2. The molecule has 0 bridgehead atoms. The Hall–Kier alpha value is -3.73. The van der Waals surface area contributed by atoms with E-state index in [1.54, 1.807) is 17.3 Å². The second-order valence-corrected chi connectivity index (χ2v) is 7.79. The number of rotatable bonds is 6. The van der Waals surface area contributed by atoms with E-state index in [9.17, 15) is 9.59 Å². The lowest BCUT2D eigenvalue weighted by Crippen LogP contribution is -2.32. The first-order valence-corrected chi connectivity index (χ1v) is 10.4. The maximum Gasteiger partial charge on any atom is 0.254 e. The number of benzene rings is 2. The summed E-state index contributed by atoms with van der Waals surface area (Å²) in [7, 11) is 0. The van der Waals surface area contributed by atoms with Crippen molar-refractivity contribution in [3.8, 4) is 0 Å². The highest BCUT2D eigenvalue weighted by Crippen LogP contribution is 2.18. The molecule has 0 unspecified atom stereocenters. The van der Waals surface area contributed by atoms with Gasteiger partial charge >= 0.3 is 0 Å². The fourth-order valence-corrected chi connectivity index (χ4v) is 3.72. The standard InChI is InChI=1S/C26H25N3O2/c1-3-19-9-10-24-22(13-19)14-23(25(30)28-24)17-29(16-20-7-5-11-27-15-20)26(31)21-8-4-6-18(2)12-21/h4-15H,3,16-17H2,1-2H3,(H,28,30). The Kier molecular flexibility index (Phi) is 5.94. The highest BCUT2D eigenvalue weighted by molar-refractivity contribution is 5.94. The number of aryl methyl sites for hydroxylation is 2. The van der Waals surface area contributed by atoms with Crippen molar-refractivity contribution in [2.75, 3.05) is 0 Å². The van der Waals surface area contributed by atoms with Gasteiger partial charge in [0.25, 0.3) is 11.5 Å². The molecule has 5 nitrogen and oxygen atoms in total. The number of H-pyrrole nitrogens is 1. The first-order valence-electron chi connectivity index (χ1n) is 10.4. The summed E-state index contributed by atoms with van der Waals surface area (Å²) >= 11 is 0. The molecular formula is C26H25N3O2. The van der Waals surface area contributed by atoms with E-state index in [-0.39, 0.29) is 18.0 Å². The van der Waals surface area contributed by atoms with Gasteiger partial charge in [0.1, 0.15) is 0 Å². The average Bonchev–Trinajstić information content (AvgIpc) is 2.79. The number of carbonyl (C=O) groups is 1. The summed E-state index contributed by atoms with van der Waals surface area (Å²) in [5.74, 6) is -0.116. The summed E-state index contributed by atoms with van der Waals surface area (Å²) in [6.45, 7) is 4.64. The molecule has 0 aliphatic heterocycles. The van der Waals surface area contributed by atoms with Gasteiger partial charge in [-0.25, -0.2) is 0 Å². The normalized spacial score (nSPS) is 10.9. The van der Waals surface area contributed by atoms with Gasteiger partial charge in [0.2, 0.25) is 0 Å². The third-order valence-electron chi connectivity index (χ3n) is 5.40. The van der Waals surface area contributed by atoms with Crippen molar-refractivity contribution in [2.45, 2.75) is 33.4 Å². The van der Waals surface area contributed by atoms with Gasteiger partial charge in [0.15, 0.2) is 0 Å². The minimum Gasteiger partial charge on any atom is -0.330 e. The molecule has 0 aliphatic rings. The van der Waals surface area contributed by atoms with Crippen LogP contribution in [0.2, 0.25) is 0 Å². The minimum absolute atomic E-state index is 0.116. The molecule has 1 N–H and O–H groups in total. The molecule has 2 aromatic heterocycles. The third kappa shape index (κ3) is 4.72. The van der Waals surface area contributed by atoms with Crippen molar-refractivity contribution in [2.24, 2.45) is 0 Å². The average molecular weight is 412 g/mol. The summed E-state index contributed by atoms with van der Waals surface area (Å²) in [6, 6.07) is 19.2. The summed E-state index contributed by atoms with van der Waals surface area (Å²) in [4.78, 5) is 35.0. The van der Waals surface area contributed by atoms with Crippen molar-refractivity contribution < 1.29 is 4.79 Å². The predicted octanol–water partition coefficient (Wildman–Crippen LogP) is 4.64. The molecule has 4 rings (SSSR count). The van der Waals surface area contributed by atoms with Gasteiger partial charge in [-0.3, -0.25) is 14.6 Å². The van der Waals surface area contributed by atoms with Gasteiger partial charge < -0.3 is 9.88 Å². The maximum absolute atomic E-state index is 13.4. The van der Waals surface area contributed by atoms with Gasteiger partial charge in [0, 0.05) is 35.6 Å². The van der Waals surface area contributed by atoms with Crippen molar-refractivity contribution in [1.82, 2.24) is 14.9 Å². The zero-order valence-electron chi connectivity index (χ0n) is 17.8. The van der Waals surface area contributed by atoms with Gasteiger partial charge in [-0.15, -0.1) is 0 Å². The first kappa shape index (κ1) is 20.5. The summed E-state index contributed by atoms with van der Waals surface area (Å²) < 4.78 is 0. The molecule has 0 spiro atoms. The number of fused-ring (bicyclic) bond motifs is 1. The zero-order valence-corrected chi connectivity index (χ0v) is 17.8. The lowest BCUT2D eigenvalue weighted by Gasteiger charge is -2.23. The van der Waals surface area contributed by atoms with Crippen LogP contribution in [0, 0.1) is 6.92 Å². The van der Waals surface area contributed by atoms with Gasteiger partial charge in [-0.05, 0) is 66.3 Å². The van der Waals surface area contributed by atoms with Gasteiger partial charge in [0.05, 0.1) is 6.54 Å². The summed E-state index contributed by atoms with van der Waals surface area (Å²) in [6.07, 6.45) is 4.37. The Morgan fingerprint density at radius 3 is 2.61 bits per heavy atom. The SMILES string of the molecule is CCc1ccc2[nH]c(=O)c(CN(Cc3cccnc3)C(=O)c3cccc(C)c3)cc2c1. The van der Waals surface area contributed by atoms with Crippen LogP contribution in [-0.2, 0) is 19.5 Å². The number of aromatic nitrogens is 2. The van der Waals surface area contributed by atoms with E-state index in [2.05, 4.69) is 23.0 Å². The molecule has 0 aliphatic carbocycles. The van der Waals surface area contributed by atoms with Crippen LogP contribution in [0.4, 0.5) is 0 Å². The molecule has 156 valence electrons. The molecule has 0 atom stereocenters. The zero-order chi connectivity index (χ0) is 21.8. The van der Waals surface area contributed by atoms with Crippen LogP contribution >= 0.6 is 0 Å². The van der Waals surface area contributed by atoms with Crippen LogP contribution in [0.3, 0.4) is 0 Å². The Labute approximate surface area is 181 Å². The Balaban J connectivity index is 1.72. The number of pyridine rings is 2. The molecule has 0 fully saturated rings. The largest absolute Gasteiger partial charge is 0.330 e. The number of carbonyl (C=O) groups excluding carboxylic acids is 1. The second kappa shape index (κ2) is 8.96. The molecule has 31 heavy (non-hydrogen) atoms. The van der Waals surface area contributed by atoms with Gasteiger partial charge in [-0.1, -0.05) is 36.8 Å². The molecule has 2 heterocycles. The van der Waals surface area contributed by atoms with Crippen LogP contribution < -0.4 is 5.56 Å². The monoisotopic (exact) mass is 411 g/mol. The van der Waals surface area contributed by atoms with Crippen LogP contribution in [-0.4, -0.2) is 20.8 Å². The third-order valence-corrected chi connectivity index (χ3v) is 5.40. The molecule has 5 heteroatoms. The van der Waals surface area contributed by atoms with E-state index < -0.39 is 0 Å². The van der Waals surface area contributed by atoms with E-state index >= 15 is 0 Å². The maximum atomic E-state index is 13.4. The minimum atomic E-state index is -0.176. The van der Waals surface area contributed by atoms with Crippen LogP contribution in [0.25, 0.3) is 10.9 Å². The summed E-state index contributed by atoms with van der Waals surface area (Å²) in [5.41, 5.74) is 4.92. The van der Waals surface area contributed by atoms with Crippen LogP contribution in [0.15, 0.2) is 77.9 Å². The smallest absolute Gasteiger partial charge is 0.254 e. The quantitative estimate of drug-likeness (QED) is 0.503. The number of nitrogens with one attached hydrogen (secondary N) is 1. The Bertz CT molecular complexity index is 1280. The second-order valence-electron chi connectivity index (χ2n) is 7.79. The predicted molar refractivity (Wildman–Crippen MR) is 123 cm³/mol. The van der Waals surface area contributed by atoms with Gasteiger partial charge in [-0.2, -0.15) is 0 Å². The van der Waals surface area contributed by atoms with Crippen molar-refractivity contribution >= 4 is 16.8 Å². The van der Waals surface area contributed by atoms with E-state index in [1.165, 1.54) is 5.56 Å². The van der Waals surface area contributed by atoms with Crippen molar-refractivity contribution in [3.05, 3.63) is 111 Å². The number of hydrogen-bond donors (Lipinski definition) is 1. The molecular weight excluding hydrogens is 386 g/mol. The van der Waals surface area contributed by atoms with Crippen molar-refractivity contribution in [1.29, 1.82) is 0 Å². The first-order chi connectivity index (χ1) is 15.0. The molecule has 2 aromatic carbocycles. The fraction of sp³-hybridized carbons (Fsp3) is 0.192. The van der Waals surface area contributed by atoms with Crippen LogP contribution in [0.1, 0.15) is 39.5 Å². The van der Waals surface area contributed by atoms with Crippen LogP contribution in [0.5, 0.6) is 0 Å². The lowest BCUT2D eigenvalue weighted by atomic mass is 10.1.